The number of rotatable bonds is 6. The van der Waals surface area contributed by atoms with E-state index in [0.717, 1.165) is 32.7 Å². The van der Waals surface area contributed by atoms with E-state index in [-0.39, 0.29) is 10.5 Å². The summed E-state index contributed by atoms with van der Waals surface area (Å²) in [6, 6.07) is 7.99. The van der Waals surface area contributed by atoms with E-state index in [9.17, 15) is 13.2 Å². The fraction of sp³-hybridized carbons (Fsp3) is 0.471. The number of hydrogen-bond acceptors (Lipinski definition) is 5. The van der Waals surface area contributed by atoms with Gasteiger partial charge in [0, 0.05) is 37.3 Å². The number of nitrogens with one attached hydrogen (secondary N) is 2. The molecule has 1 aromatic heterocycles. The molecule has 0 bridgehead atoms. The molecule has 0 unspecified atom stereocenters. The molecule has 8 heteroatoms. The average molecular weight is 365 g/mol. The van der Waals surface area contributed by atoms with E-state index in [4.69, 9.17) is 4.74 Å². The smallest absolute Gasteiger partial charge is 0.248 e. The quantitative estimate of drug-likeness (QED) is 0.794. The van der Waals surface area contributed by atoms with Gasteiger partial charge in [0.2, 0.25) is 15.6 Å². The van der Waals surface area contributed by atoms with Crippen LogP contribution in [0.1, 0.15) is 13.3 Å². The summed E-state index contributed by atoms with van der Waals surface area (Å²) >= 11 is 0. The topological polar surface area (TPSA) is 91.5 Å². The summed E-state index contributed by atoms with van der Waals surface area (Å²) in [5, 5.41) is 0.684. The van der Waals surface area contributed by atoms with E-state index in [0.29, 0.717) is 23.5 Å². The van der Waals surface area contributed by atoms with Gasteiger partial charge in [-0.15, -0.1) is 0 Å². The number of morpholine rings is 1. The van der Waals surface area contributed by atoms with Gasteiger partial charge in [-0.05, 0) is 43.0 Å². The third-order valence-electron chi connectivity index (χ3n) is 4.53. The minimum absolute atomic E-state index is 0.200. The zero-order chi connectivity index (χ0) is 17.9. The lowest BCUT2D eigenvalue weighted by Gasteiger charge is -2.32. The third-order valence-corrected chi connectivity index (χ3v) is 5.99. The largest absolute Gasteiger partial charge is 0.379 e. The molecule has 2 aromatic rings. The van der Waals surface area contributed by atoms with E-state index in [1.807, 2.05) is 0 Å². The van der Waals surface area contributed by atoms with Crippen LogP contribution in [0.15, 0.2) is 40.0 Å². The second kappa shape index (κ2) is 7.65. The first-order valence-electron chi connectivity index (χ1n) is 8.40. The van der Waals surface area contributed by atoms with Crippen molar-refractivity contribution in [3.63, 3.8) is 0 Å². The SMILES string of the molecule is C[C@H](CCNS(=O)(=O)c1ccc2[nH]c(=O)ccc2c1)N1CCOCC1. The summed E-state index contributed by atoms with van der Waals surface area (Å²) < 4.78 is 33.0. The molecule has 0 saturated carbocycles. The van der Waals surface area contributed by atoms with E-state index in [2.05, 4.69) is 21.5 Å². The van der Waals surface area contributed by atoms with Crippen LogP contribution in [0, 0.1) is 0 Å². The van der Waals surface area contributed by atoms with Crippen LogP contribution < -0.4 is 10.3 Å². The second-order valence-corrected chi connectivity index (χ2v) is 8.02. The monoisotopic (exact) mass is 365 g/mol. The van der Waals surface area contributed by atoms with E-state index >= 15 is 0 Å². The van der Waals surface area contributed by atoms with Gasteiger partial charge >= 0.3 is 0 Å². The van der Waals surface area contributed by atoms with Gasteiger partial charge in [0.15, 0.2) is 0 Å². The Kier molecular flexibility index (Phi) is 5.53. The molecule has 1 aliphatic heterocycles. The molecular weight excluding hydrogens is 342 g/mol. The molecule has 1 aliphatic rings. The highest BCUT2D eigenvalue weighted by molar-refractivity contribution is 7.89. The van der Waals surface area contributed by atoms with Crippen LogP contribution in [0.4, 0.5) is 0 Å². The van der Waals surface area contributed by atoms with Gasteiger partial charge in [0.25, 0.3) is 0 Å². The number of aromatic nitrogens is 1. The minimum atomic E-state index is -3.57. The molecular formula is C17H23N3O4S. The van der Waals surface area contributed by atoms with Gasteiger partial charge in [-0.1, -0.05) is 0 Å². The Labute approximate surface area is 147 Å². The highest BCUT2D eigenvalue weighted by atomic mass is 32.2. The summed E-state index contributed by atoms with van der Waals surface area (Å²) in [5.74, 6) is 0. The number of pyridine rings is 1. The fourth-order valence-corrected chi connectivity index (χ4v) is 4.07. The maximum atomic E-state index is 12.5. The third kappa shape index (κ3) is 4.46. The molecule has 0 spiro atoms. The first-order chi connectivity index (χ1) is 12.0. The molecule has 0 amide bonds. The number of ether oxygens (including phenoxy) is 1. The molecule has 136 valence electrons. The molecule has 3 rings (SSSR count). The van der Waals surface area contributed by atoms with Crippen LogP contribution in [0.3, 0.4) is 0 Å². The Hall–Kier alpha value is -1.74. The molecule has 1 aromatic carbocycles. The average Bonchev–Trinajstić information content (AvgIpc) is 2.61. The Morgan fingerprint density at radius 1 is 1.24 bits per heavy atom. The van der Waals surface area contributed by atoms with Gasteiger partial charge < -0.3 is 9.72 Å². The normalized spacial score (nSPS) is 17.6. The Balaban J connectivity index is 1.63. The summed E-state index contributed by atoms with van der Waals surface area (Å²) in [4.78, 5) is 16.5. The van der Waals surface area contributed by atoms with Crippen LogP contribution in [-0.2, 0) is 14.8 Å². The van der Waals surface area contributed by atoms with E-state index < -0.39 is 10.0 Å². The molecule has 0 radical (unpaired) electrons. The van der Waals surface area contributed by atoms with Gasteiger partial charge in [-0.2, -0.15) is 0 Å². The molecule has 0 aliphatic carbocycles. The Morgan fingerprint density at radius 2 is 2.00 bits per heavy atom. The number of hydrogen-bond donors (Lipinski definition) is 2. The van der Waals surface area contributed by atoms with Crippen molar-refractivity contribution in [2.75, 3.05) is 32.8 Å². The first kappa shape index (κ1) is 18.1. The lowest BCUT2D eigenvalue weighted by atomic mass is 10.2. The molecule has 1 atom stereocenters. The molecule has 7 nitrogen and oxygen atoms in total. The van der Waals surface area contributed by atoms with Crippen molar-refractivity contribution in [2.45, 2.75) is 24.3 Å². The van der Waals surface area contributed by atoms with Crippen molar-refractivity contribution in [1.29, 1.82) is 0 Å². The van der Waals surface area contributed by atoms with Crippen LogP contribution in [0.5, 0.6) is 0 Å². The molecule has 2 N–H and O–H groups in total. The Bertz CT molecular complexity index is 888. The summed E-state index contributed by atoms with van der Waals surface area (Å²) in [7, 11) is -3.57. The number of sulfonamides is 1. The van der Waals surface area contributed by atoms with Crippen molar-refractivity contribution in [3.8, 4) is 0 Å². The maximum absolute atomic E-state index is 12.5. The van der Waals surface area contributed by atoms with Crippen LogP contribution in [0.2, 0.25) is 0 Å². The molecule has 2 heterocycles. The van der Waals surface area contributed by atoms with Gasteiger partial charge in [-0.3, -0.25) is 9.69 Å². The maximum Gasteiger partial charge on any atom is 0.248 e. The summed E-state index contributed by atoms with van der Waals surface area (Å²) in [5.41, 5.74) is 0.408. The predicted molar refractivity (Wildman–Crippen MR) is 96.2 cm³/mol. The number of H-pyrrole nitrogens is 1. The number of fused-ring (bicyclic) bond motifs is 1. The van der Waals surface area contributed by atoms with Crippen LogP contribution >= 0.6 is 0 Å². The summed E-state index contributed by atoms with van der Waals surface area (Å²) in [6.45, 7) is 5.72. The van der Waals surface area contributed by atoms with Gasteiger partial charge in [0.1, 0.15) is 0 Å². The van der Waals surface area contributed by atoms with Crippen molar-refractivity contribution >= 4 is 20.9 Å². The van der Waals surface area contributed by atoms with Crippen LogP contribution in [0.25, 0.3) is 10.9 Å². The molecule has 1 fully saturated rings. The molecule has 25 heavy (non-hydrogen) atoms. The standard InChI is InChI=1S/C17H23N3O4S/c1-13(20-8-10-24-11-9-20)6-7-18-25(22,23)15-3-4-16-14(12-15)2-5-17(21)19-16/h2-5,12-13,18H,6-11H2,1H3,(H,19,21)/t13-/m1/s1. The van der Waals surface area contributed by atoms with E-state index in [1.165, 1.54) is 12.1 Å². The fourth-order valence-electron chi connectivity index (χ4n) is 2.99. The molecule has 1 saturated heterocycles. The van der Waals surface area contributed by atoms with Gasteiger partial charge in [0.05, 0.1) is 18.1 Å². The highest BCUT2D eigenvalue weighted by Gasteiger charge is 2.19. The van der Waals surface area contributed by atoms with Crippen molar-refractivity contribution in [2.24, 2.45) is 0 Å². The zero-order valence-electron chi connectivity index (χ0n) is 14.2. The predicted octanol–water partition coefficient (Wildman–Crippen LogP) is 0.917. The van der Waals surface area contributed by atoms with Crippen molar-refractivity contribution < 1.29 is 13.2 Å². The number of aromatic amines is 1. The van der Waals surface area contributed by atoms with Crippen molar-refractivity contribution in [1.82, 2.24) is 14.6 Å². The van der Waals surface area contributed by atoms with Gasteiger partial charge in [-0.25, -0.2) is 13.1 Å². The summed E-state index contributed by atoms with van der Waals surface area (Å²) in [6.07, 6.45) is 0.736. The highest BCUT2D eigenvalue weighted by Crippen LogP contribution is 2.16. The first-order valence-corrected chi connectivity index (χ1v) is 9.88. The number of benzene rings is 1. The van der Waals surface area contributed by atoms with Crippen LogP contribution in [-0.4, -0.2) is 57.2 Å². The van der Waals surface area contributed by atoms with E-state index in [1.54, 1.807) is 18.2 Å². The zero-order valence-corrected chi connectivity index (χ0v) is 15.0. The van der Waals surface area contributed by atoms with Crippen molar-refractivity contribution in [3.05, 3.63) is 40.7 Å². The Morgan fingerprint density at radius 3 is 2.76 bits per heavy atom. The second-order valence-electron chi connectivity index (χ2n) is 6.26. The lowest BCUT2D eigenvalue weighted by molar-refractivity contribution is 0.0190. The minimum Gasteiger partial charge on any atom is -0.379 e. The number of nitrogens with zero attached hydrogens (tertiary/aromatic N) is 1. The lowest BCUT2D eigenvalue weighted by Crippen LogP contribution is -2.43.